The fourth-order valence-electron chi connectivity index (χ4n) is 2.78. The monoisotopic (exact) mass is 274 g/mol. The van der Waals surface area contributed by atoms with Crippen LogP contribution in [0.1, 0.15) is 11.5 Å². The van der Waals surface area contributed by atoms with Crippen LogP contribution < -0.4 is 21.3 Å². The van der Waals surface area contributed by atoms with Crippen LogP contribution in [0.25, 0.3) is 0 Å². The van der Waals surface area contributed by atoms with Crippen LogP contribution in [0.5, 0.6) is 0 Å². The van der Waals surface area contributed by atoms with E-state index >= 15 is 0 Å². The van der Waals surface area contributed by atoms with E-state index in [4.69, 9.17) is 8.83 Å². The molecule has 0 aliphatic carbocycles. The Hall–Kier alpha value is -2.90. The van der Waals surface area contributed by atoms with Crippen molar-refractivity contribution in [3.8, 4) is 0 Å². The topological polar surface area (TPSA) is 109 Å². The Kier molecular flexibility index (Phi) is 1.84. The molecular weight excluding hydrogens is 264 g/mol. The van der Waals surface area contributed by atoms with E-state index in [1.807, 2.05) is 0 Å². The predicted molar refractivity (Wildman–Crippen MR) is 64.1 cm³/mol. The number of rotatable bonds is 2. The van der Waals surface area contributed by atoms with Crippen LogP contribution in [-0.4, -0.2) is 12.1 Å². The molecule has 0 saturated carbocycles. The molecule has 0 unspecified atom stereocenters. The van der Waals surface area contributed by atoms with Crippen LogP contribution >= 0.6 is 0 Å². The highest BCUT2D eigenvalue weighted by molar-refractivity contribution is 5.88. The van der Waals surface area contributed by atoms with Gasteiger partial charge in [0.15, 0.2) is 11.5 Å². The van der Waals surface area contributed by atoms with E-state index in [0.717, 1.165) is 0 Å². The third-order valence-electron chi connectivity index (χ3n) is 3.55. The summed E-state index contributed by atoms with van der Waals surface area (Å²) in [4.78, 5) is 23.7. The molecule has 2 aromatic rings. The van der Waals surface area contributed by atoms with E-state index in [2.05, 4.69) is 21.3 Å². The lowest BCUT2D eigenvalue weighted by atomic mass is 9.91. The van der Waals surface area contributed by atoms with Crippen molar-refractivity contribution in [2.75, 3.05) is 0 Å². The second-order valence-electron chi connectivity index (χ2n) is 4.61. The van der Waals surface area contributed by atoms with Gasteiger partial charge in [-0.2, -0.15) is 0 Å². The second-order valence-corrected chi connectivity index (χ2v) is 4.61. The number of furan rings is 2. The number of carbonyl (C=O) groups is 2. The summed E-state index contributed by atoms with van der Waals surface area (Å²) < 4.78 is 10.8. The number of amides is 4. The fraction of sp³-hybridized carbons (Fsp3) is 0.167. The molecule has 2 aromatic heterocycles. The third kappa shape index (κ3) is 1.11. The quantitative estimate of drug-likeness (QED) is 0.639. The highest BCUT2D eigenvalue weighted by Gasteiger charge is 2.69. The first kappa shape index (κ1) is 11.0. The smallest absolute Gasteiger partial charge is 0.319 e. The third-order valence-corrected chi connectivity index (χ3v) is 3.55. The summed E-state index contributed by atoms with van der Waals surface area (Å²) in [5.41, 5.74) is -2.58. The van der Waals surface area contributed by atoms with Gasteiger partial charge in [-0.05, 0) is 24.3 Å². The molecule has 4 N–H and O–H groups in total. The molecule has 0 bridgehead atoms. The molecule has 0 radical (unpaired) electrons. The van der Waals surface area contributed by atoms with Gasteiger partial charge in [0.2, 0.25) is 11.3 Å². The molecule has 2 aliphatic heterocycles. The van der Waals surface area contributed by atoms with Gasteiger partial charge in [-0.25, -0.2) is 9.59 Å². The van der Waals surface area contributed by atoms with Gasteiger partial charge in [-0.1, -0.05) is 0 Å². The van der Waals surface area contributed by atoms with Gasteiger partial charge in [0.1, 0.15) is 0 Å². The first-order chi connectivity index (χ1) is 9.66. The Labute approximate surface area is 112 Å². The number of hydrogen-bond donors (Lipinski definition) is 4. The highest BCUT2D eigenvalue weighted by Crippen LogP contribution is 2.43. The van der Waals surface area contributed by atoms with Crippen molar-refractivity contribution in [2.24, 2.45) is 0 Å². The van der Waals surface area contributed by atoms with E-state index in [1.54, 1.807) is 24.3 Å². The highest BCUT2D eigenvalue weighted by atomic mass is 16.3. The molecule has 4 amide bonds. The van der Waals surface area contributed by atoms with Gasteiger partial charge in [-0.3, -0.25) is 0 Å². The van der Waals surface area contributed by atoms with Crippen molar-refractivity contribution >= 4 is 12.1 Å². The Morgan fingerprint density at radius 3 is 1.45 bits per heavy atom. The molecule has 2 fully saturated rings. The molecular formula is C12H10N4O4. The van der Waals surface area contributed by atoms with Gasteiger partial charge < -0.3 is 30.1 Å². The fourth-order valence-corrected chi connectivity index (χ4v) is 2.78. The largest absolute Gasteiger partial charge is 0.465 e. The standard InChI is InChI=1S/C12H10N4O4/c17-9-13-11(7-3-1-5-19-7)12(15-9,16-10(18)14-11)8-4-2-6-20-8/h1-6H,(H2,13,15,17)(H2,14,16,18). The van der Waals surface area contributed by atoms with Crippen LogP contribution in [-0.2, 0) is 11.3 Å². The van der Waals surface area contributed by atoms with Crippen LogP contribution in [0.3, 0.4) is 0 Å². The number of fused-ring (bicyclic) bond motifs is 1. The lowest BCUT2D eigenvalue weighted by Gasteiger charge is -2.33. The Balaban J connectivity index is 1.98. The normalized spacial score (nSPS) is 31.2. The van der Waals surface area contributed by atoms with E-state index in [0.29, 0.717) is 11.5 Å². The minimum atomic E-state index is -1.29. The lowest BCUT2D eigenvalue weighted by Crippen LogP contribution is -2.60. The first-order valence-electron chi connectivity index (χ1n) is 5.95. The average molecular weight is 274 g/mol. The van der Waals surface area contributed by atoms with Crippen molar-refractivity contribution in [3.63, 3.8) is 0 Å². The Morgan fingerprint density at radius 2 is 1.15 bits per heavy atom. The van der Waals surface area contributed by atoms with Gasteiger partial charge in [-0.15, -0.1) is 0 Å². The summed E-state index contributed by atoms with van der Waals surface area (Å²) in [5.74, 6) is 0.760. The van der Waals surface area contributed by atoms with Crippen molar-refractivity contribution in [3.05, 3.63) is 48.3 Å². The molecule has 2 aliphatic rings. The summed E-state index contributed by atoms with van der Waals surface area (Å²) in [6, 6.07) is 5.77. The number of carbonyl (C=O) groups excluding carboxylic acids is 2. The maximum absolute atomic E-state index is 11.9. The van der Waals surface area contributed by atoms with Crippen LogP contribution in [0, 0.1) is 0 Å². The molecule has 0 spiro atoms. The van der Waals surface area contributed by atoms with Gasteiger partial charge in [0.05, 0.1) is 12.5 Å². The second kappa shape index (κ2) is 3.35. The number of hydrogen-bond acceptors (Lipinski definition) is 4. The minimum absolute atomic E-state index is 0.380. The predicted octanol–water partition coefficient (Wildman–Crippen LogP) is 0.504. The molecule has 102 valence electrons. The number of nitrogens with one attached hydrogen (secondary N) is 4. The van der Waals surface area contributed by atoms with Gasteiger partial charge in [0, 0.05) is 0 Å². The van der Waals surface area contributed by atoms with E-state index in [1.165, 1.54) is 12.5 Å². The molecule has 8 nitrogen and oxygen atoms in total. The van der Waals surface area contributed by atoms with Crippen molar-refractivity contribution in [1.82, 2.24) is 21.3 Å². The van der Waals surface area contributed by atoms with E-state index in [-0.39, 0.29) is 0 Å². The molecule has 4 rings (SSSR count). The van der Waals surface area contributed by atoms with Crippen LogP contribution in [0.4, 0.5) is 9.59 Å². The SMILES string of the molecule is O=C1NC2(c3ccco3)NC(=O)NC2(c2ccco2)N1. The summed E-state index contributed by atoms with van der Waals surface area (Å²) in [5, 5.41) is 10.8. The molecule has 4 heterocycles. The lowest BCUT2D eigenvalue weighted by molar-refractivity contribution is 0.145. The maximum atomic E-state index is 11.9. The van der Waals surface area contributed by atoms with Crippen molar-refractivity contribution in [2.45, 2.75) is 11.3 Å². The minimum Gasteiger partial charge on any atom is -0.465 e. The van der Waals surface area contributed by atoms with Crippen molar-refractivity contribution < 1.29 is 18.4 Å². The van der Waals surface area contributed by atoms with Gasteiger partial charge in [0.25, 0.3) is 0 Å². The average Bonchev–Trinajstić information content (AvgIpc) is 3.08. The summed E-state index contributed by atoms with van der Waals surface area (Å²) in [6.07, 6.45) is 2.93. The molecule has 2 saturated heterocycles. The first-order valence-corrected chi connectivity index (χ1v) is 5.95. The Morgan fingerprint density at radius 1 is 0.750 bits per heavy atom. The summed E-state index contributed by atoms with van der Waals surface area (Å²) >= 11 is 0. The van der Waals surface area contributed by atoms with E-state index in [9.17, 15) is 9.59 Å². The molecule has 20 heavy (non-hydrogen) atoms. The van der Waals surface area contributed by atoms with E-state index < -0.39 is 23.4 Å². The number of urea groups is 2. The zero-order valence-electron chi connectivity index (χ0n) is 10.1. The molecule has 0 aromatic carbocycles. The molecule has 0 atom stereocenters. The van der Waals surface area contributed by atoms with Crippen LogP contribution in [0.15, 0.2) is 45.6 Å². The molecule has 8 heteroatoms. The zero-order valence-corrected chi connectivity index (χ0v) is 10.1. The summed E-state index contributed by atoms with van der Waals surface area (Å²) in [7, 11) is 0. The van der Waals surface area contributed by atoms with Crippen molar-refractivity contribution in [1.29, 1.82) is 0 Å². The van der Waals surface area contributed by atoms with Crippen LogP contribution in [0.2, 0.25) is 0 Å². The Bertz CT molecular complexity index is 600. The summed E-state index contributed by atoms with van der Waals surface area (Å²) in [6.45, 7) is 0. The zero-order chi connectivity index (χ0) is 13.8. The maximum Gasteiger partial charge on any atom is 0.319 e. The van der Waals surface area contributed by atoms with Gasteiger partial charge >= 0.3 is 12.1 Å².